The fourth-order valence-corrected chi connectivity index (χ4v) is 3.84. The summed E-state index contributed by atoms with van der Waals surface area (Å²) in [5.41, 5.74) is 0.501. The monoisotopic (exact) mass is 374 g/mol. The van der Waals surface area contributed by atoms with E-state index in [1.165, 1.54) is 12.8 Å². The van der Waals surface area contributed by atoms with Crippen molar-refractivity contribution in [1.29, 1.82) is 0 Å². The number of carbonyl (C=O) groups is 1. The number of nitrogens with one attached hydrogen (secondary N) is 2. The van der Waals surface area contributed by atoms with Gasteiger partial charge < -0.3 is 20.1 Å². The average Bonchev–Trinajstić information content (AvgIpc) is 2.87. The van der Waals surface area contributed by atoms with Gasteiger partial charge in [0.05, 0.1) is 18.7 Å². The number of hydrogen-bond acceptors (Lipinski definition) is 4. The van der Waals surface area contributed by atoms with Crippen LogP contribution in [0.25, 0.3) is 0 Å². The van der Waals surface area contributed by atoms with Gasteiger partial charge in [0, 0.05) is 23.7 Å². The molecule has 2 unspecified atom stereocenters. The zero-order valence-electron chi connectivity index (χ0n) is 13.9. The standard InChI is InChI=1S/C17H23ClN2O3.ClH/c1-3-23-16-14(18)6-10(7-15(16)22-2)17(21)20-13-8-11-4-5-12(9-13)19-11;/h6-7,11-13,19H,3-5,8-9H2,1-2H3,(H,20,21);1H. The summed E-state index contributed by atoms with van der Waals surface area (Å²) in [5.74, 6) is 0.850. The molecule has 2 N–H and O–H groups in total. The van der Waals surface area contributed by atoms with E-state index in [0.29, 0.717) is 40.8 Å². The number of ether oxygens (including phenoxy) is 2. The van der Waals surface area contributed by atoms with Crippen LogP contribution in [0.15, 0.2) is 12.1 Å². The Morgan fingerprint density at radius 3 is 2.58 bits per heavy atom. The smallest absolute Gasteiger partial charge is 0.251 e. The van der Waals surface area contributed by atoms with Crippen molar-refractivity contribution >= 4 is 29.9 Å². The summed E-state index contributed by atoms with van der Waals surface area (Å²) in [6.07, 6.45) is 4.40. The van der Waals surface area contributed by atoms with E-state index >= 15 is 0 Å². The van der Waals surface area contributed by atoms with E-state index in [1.807, 2.05) is 6.92 Å². The molecule has 2 saturated heterocycles. The fraction of sp³-hybridized carbons (Fsp3) is 0.588. The molecular weight excluding hydrogens is 351 g/mol. The highest BCUT2D eigenvalue weighted by molar-refractivity contribution is 6.32. The molecule has 7 heteroatoms. The predicted molar refractivity (Wildman–Crippen MR) is 96.9 cm³/mol. The lowest BCUT2D eigenvalue weighted by Gasteiger charge is -2.29. The van der Waals surface area contributed by atoms with E-state index < -0.39 is 0 Å². The highest BCUT2D eigenvalue weighted by atomic mass is 35.5. The van der Waals surface area contributed by atoms with Crippen LogP contribution in [0.5, 0.6) is 11.5 Å². The van der Waals surface area contributed by atoms with Crippen LogP contribution in [-0.4, -0.2) is 37.7 Å². The molecular formula is C17H24Cl2N2O3. The van der Waals surface area contributed by atoms with E-state index in [0.717, 1.165) is 12.8 Å². The van der Waals surface area contributed by atoms with Crippen molar-refractivity contribution < 1.29 is 14.3 Å². The first-order valence-electron chi connectivity index (χ1n) is 8.18. The van der Waals surface area contributed by atoms with Crippen LogP contribution in [0.4, 0.5) is 0 Å². The van der Waals surface area contributed by atoms with E-state index in [4.69, 9.17) is 21.1 Å². The van der Waals surface area contributed by atoms with E-state index in [2.05, 4.69) is 10.6 Å². The Balaban J connectivity index is 0.00000208. The number of hydrogen-bond donors (Lipinski definition) is 2. The molecule has 2 aliphatic heterocycles. The molecule has 0 radical (unpaired) electrons. The quantitative estimate of drug-likeness (QED) is 0.830. The summed E-state index contributed by atoms with van der Waals surface area (Å²) in [7, 11) is 1.54. The molecule has 2 fully saturated rings. The summed E-state index contributed by atoms with van der Waals surface area (Å²) < 4.78 is 10.8. The molecule has 0 aliphatic carbocycles. The summed E-state index contributed by atoms with van der Waals surface area (Å²) in [5, 5.41) is 7.10. The van der Waals surface area contributed by atoms with Crippen LogP contribution in [-0.2, 0) is 0 Å². The summed E-state index contributed by atoms with van der Waals surface area (Å²) >= 11 is 6.24. The number of benzene rings is 1. The lowest BCUT2D eigenvalue weighted by molar-refractivity contribution is 0.0923. The maximum absolute atomic E-state index is 12.5. The second kappa shape index (κ2) is 8.28. The first-order chi connectivity index (χ1) is 11.1. The summed E-state index contributed by atoms with van der Waals surface area (Å²) in [4.78, 5) is 12.5. The van der Waals surface area contributed by atoms with Gasteiger partial charge in [-0.2, -0.15) is 0 Å². The van der Waals surface area contributed by atoms with Crippen LogP contribution in [0, 0.1) is 0 Å². The van der Waals surface area contributed by atoms with Gasteiger partial charge in [-0.05, 0) is 44.7 Å². The van der Waals surface area contributed by atoms with Crippen molar-refractivity contribution in [2.75, 3.05) is 13.7 Å². The molecule has 5 nitrogen and oxygen atoms in total. The Bertz CT molecular complexity index is 585. The third kappa shape index (κ3) is 4.08. The van der Waals surface area contributed by atoms with E-state index in [1.54, 1.807) is 19.2 Å². The average molecular weight is 375 g/mol. The molecule has 2 bridgehead atoms. The number of halogens is 2. The molecule has 2 aliphatic rings. The van der Waals surface area contributed by atoms with Gasteiger partial charge in [0.15, 0.2) is 11.5 Å². The van der Waals surface area contributed by atoms with Crippen molar-refractivity contribution in [2.45, 2.75) is 50.7 Å². The molecule has 0 saturated carbocycles. The molecule has 1 amide bonds. The van der Waals surface area contributed by atoms with Crippen LogP contribution in [0.3, 0.4) is 0 Å². The van der Waals surface area contributed by atoms with Gasteiger partial charge in [-0.25, -0.2) is 0 Å². The molecule has 3 rings (SSSR count). The Hall–Kier alpha value is -1.17. The Morgan fingerprint density at radius 1 is 1.33 bits per heavy atom. The van der Waals surface area contributed by atoms with Gasteiger partial charge in [0.2, 0.25) is 0 Å². The third-order valence-electron chi connectivity index (χ3n) is 4.59. The van der Waals surface area contributed by atoms with Crippen molar-refractivity contribution in [3.05, 3.63) is 22.7 Å². The van der Waals surface area contributed by atoms with Gasteiger partial charge in [-0.15, -0.1) is 12.4 Å². The lowest BCUT2D eigenvalue weighted by Crippen LogP contribution is -2.48. The number of carbonyl (C=O) groups excluding carboxylic acids is 1. The van der Waals surface area contributed by atoms with Crippen LogP contribution < -0.4 is 20.1 Å². The third-order valence-corrected chi connectivity index (χ3v) is 4.87. The second-order valence-electron chi connectivity index (χ2n) is 6.20. The van der Waals surface area contributed by atoms with Gasteiger partial charge in [-0.1, -0.05) is 11.6 Å². The number of amides is 1. The maximum atomic E-state index is 12.5. The lowest BCUT2D eigenvalue weighted by atomic mass is 9.99. The van der Waals surface area contributed by atoms with Crippen LogP contribution in [0.2, 0.25) is 5.02 Å². The number of rotatable bonds is 5. The highest BCUT2D eigenvalue weighted by Crippen LogP contribution is 2.36. The van der Waals surface area contributed by atoms with Gasteiger partial charge in [-0.3, -0.25) is 4.79 Å². The van der Waals surface area contributed by atoms with Crippen molar-refractivity contribution in [2.24, 2.45) is 0 Å². The summed E-state index contributed by atoms with van der Waals surface area (Å²) in [6.45, 7) is 2.36. The fourth-order valence-electron chi connectivity index (χ4n) is 3.58. The first kappa shape index (κ1) is 19.2. The van der Waals surface area contributed by atoms with Crippen molar-refractivity contribution in [3.8, 4) is 11.5 Å². The molecule has 0 aromatic heterocycles. The normalized spacial score (nSPS) is 24.9. The van der Waals surface area contributed by atoms with Gasteiger partial charge in [0.1, 0.15) is 0 Å². The summed E-state index contributed by atoms with van der Waals surface area (Å²) in [6, 6.07) is 4.62. The van der Waals surface area contributed by atoms with E-state index in [9.17, 15) is 4.79 Å². The number of methoxy groups -OCH3 is 1. The van der Waals surface area contributed by atoms with Crippen molar-refractivity contribution in [1.82, 2.24) is 10.6 Å². The SMILES string of the molecule is CCOc1c(Cl)cc(C(=O)NC2CC3CCC(C2)N3)cc1OC.Cl. The molecule has 2 atom stereocenters. The predicted octanol–water partition coefficient (Wildman–Crippen LogP) is 3.18. The van der Waals surface area contributed by atoms with Gasteiger partial charge >= 0.3 is 0 Å². The van der Waals surface area contributed by atoms with Crippen LogP contribution >= 0.6 is 24.0 Å². The molecule has 24 heavy (non-hydrogen) atoms. The number of piperidine rings is 1. The molecule has 134 valence electrons. The Kier molecular flexibility index (Phi) is 6.61. The molecule has 2 heterocycles. The Labute approximate surface area is 153 Å². The molecule has 0 spiro atoms. The second-order valence-corrected chi connectivity index (χ2v) is 6.61. The number of fused-ring (bicyclic) bond motifs is 2. The largest absolute Gasteiger partial charge is 0.493 e. The van der Waals surface area contributed by atoms with Crippen molar-refractivity contribution in [3.63, 3.8) is 0 Å². The minimum absolute atomic E-state index is 0. The van der Waals surface area contributed by atoms with Crippen LogP contribution in [0.1, 0.15) is 43.0 Å². The minimum atomic E-state index is -0.112. The zero-order chi connectivity index (χ0) is 16.4. The first-order valence-corrected chi connectivity index (χ1v) is 8.55. The zero-order valence-corrected chi connectivity index (χ0v) is 15.5. The maximum Gasteiger partial charge on any atom is 0.251 e. The van der Waals surface area contributed by atoms with E-state index in [-0.39, 0.29) is 24.4 Å². The topological polar surface area (TPSA) is 59.6 Å². The van der Waals surface area contributed by atoms with Gasteiger partial charge in [0.25, 0.3) is 5.91 Å². The Morgan fingerprint density at radius 2 is 2.00 bits per heavy atom. The molecule has 1 aromatic rings. The minimum Gasteiger partial charge on any atom is -0.493 e. The highest BCUT2D eigenvalue weighted by Gasteiger charge is 2.34. The molecule has 1 aromatic carbocycles.